The van der Waals surface area contributed by atoms with E-state index in [1.807, 2.05) is 0 Å². The van der Waals surface area contributed by atoms with Crippen molar-refractivity contribution in [1.82, 2.24) is 5.43 Å². The van der Waals surface area contributed by atoms with E-state index in [1.165, 1.54) is 6.42 Å². The summed E-state index contributed by atoms with van der Waals surface area (Å²) in [4.78, 5) is 0. The molecule has 1 rings (SSSR count). The highest BCUT2D eigenvalue weighted by molar-refractivity contribution is 4.99. The first-order valence-electron chi connectivity index (χ1n) is 5.01. The first kappa shape index (κ1) is 10.5. The fraction of sp³-hybridized carbons (Fsp3) is 1.00. The summed E-state index contributed by atoms with van der Waals surface area (Å²) in [6.45, 7) is 12.1. The Bertz CT molecular complexity index is 198. The number of hydrogen-bond acceptors (Lipinski definition) is 3. The molecule has 13 heavy (non-hydrogen) atoms. The Morgan fingerprint density at radius 2 is 2.08 bits per heavy atom. The monoisotopic (exact) mass is 183 g/mol. The summed E-state index contributed by atoms with van der Waals surface area (Å²) in [7, 11) is 0. The molecule has 0 radical (unpaired) electrons. The third-order valence-corrected chi connectivity index (χ3v) is 3.17. The Hall–Kier alpha value is -0.600. The molecule has 1 aliphatic heterocycles. The molecule has 0 aromatic carbocycles. The van der Waals surface area contributed by atoms with E-state index < -0.39 is 0 Å². The van der Waals surface area contributed by atoms with Gasteiger partial charge in [-0.25, -0.2) is 0 Å². The van der Waals surface area contributed by atoms with Crippen LogP contribution in [0.25, 0.3) is 0 Å². The van der Waals surface area contributed by atoms with Crippen LogP contribution in [0, 0.1) is 11.3 Å². The Morgan fingerprint density at radius 1 is 1.46 bits per heavy atom. The van der Waals surface area contributed by atoms with Gasteiger partial charge in [0.2, 0.25) is 0 Å². The van der Waals surface area contributed by atoms with Gasteiger partial charge in [-0.3, -0.25) is 5.43 Å². The zero-order valence-corrected chi connectivity index (χ0v) is 9.39. The standard InChI is InChI=1S/C10H21N3/c1-8(2)6-9(3,4)10(5)7-11-13-12-10/h8H,6-7H2,1-5H3,(H,11,12). The first-order chi connectivity index (χ1) is 5.87. The van der Waals surface area contributed by atoms with Gasteiger partial charge in [0.25, 0.3) is 0 Å². The van der Waals surface area contributed by atoms with Gasteiger partial charge < -0.3 is 0 Å². The van der Waals surface area contributed by atoms with Crippen LogP contribution < -0.4 is 5.43 Å². The maximum absolute atomic E-state index is 4.02. The molecule has 3 nitrogen and oxygen atoms in total. The van der Waals surface area contributed by atoms with Crippen molar-refractivity contribution < 1.29 is 0 Å². The van der Waals surface area contributed by atoms with E-state index in [2.05, 4.69) is 50.4 Å². The number of nitrogens with zero attached hydrogens (tertiary/aromatic N) is 2. The quantitative estimate of drug-likeness (QED) is 0.717. The van der Waals surface area contributed by atoms with E-state index in [0.717, 1.165) is 6.54 Å². The number of nitrogens with one attached hydrogen (secondary N) is 1. The van der Waals surface area contributed by atoms with Crippen LogP contribution in [-0.4, -0.2) is 12.1 Å². The third-order valence-electron chi connectivity index (χ3n) is 3.17. The van der Waals surface area contributed by atoms with Gasteiger partial charge in [-0.05, 0) is 24.7 Å². The lowest BCUT2D eigenvalue weighted by Gasteiger charge is -2.41. The molecule has 0 saturated heterocycles. The molecule has 0 fully saturated rings. The summed E-state index contributed by atoms with van der Waals surface area (Å²) in [5.41, 5.74) is 3.42. The zero-order valence-electron chi connectivity index (χ0n) is 9.39. The lowest BCUT2D eigenvalue weighted by Crippen LogP contribution is -2.52. The molecule has 0 aromatic rings. The molecule has 0 bridgehead atoms. The number of hydrogen-bond donors (Lipinski definition) is 1. The van der Waals surface area contributed by atoms with Crippen molar-refractivity contribution in [2.24, 2.45) is 21.7 Å². The lowest BCUT2D eigenvalue weighted by molar-refractivity contribution is 0.132. The molecule has 1 aliphatic rings. The molecule has 0 saturated carbocycles. The Morgan fingerprint density at radius 3 is 2.46 bits per heavy atom. The second-order valence-electron chi connectivity index (χ2n) is 5.33. The molecular formula is C10H21N3. The van der Waals surface area contributed by atoms with Crippen LogP contribution in [0.2, 0.25) is 0 Å². The molecule has 1 N–H and O–H groups in total. The maximum Gasteiger partial charge on any atom is 0.0869 e. The van der Waals surface area contributed by atoms with Crippen LogP contribution in [0.3, 0.4) is 0 Å². The normalized spacial score (nSPS) is 28.2. The summed E-state index contributed by atoms with van der Waals surface area (Å²) >= 11 is 0. The van der Waals surface area contributed by atoms with Gasteiger partial charge in [0.05, 0.1) is 12.1 Å². The van der Waals surface area contributed by atoms with Crippen molar-refractivity contribution in [1.29, 1.82) is 0 Å². The van der Waals surface area contributed by atoms with Gasteiger partial charge in [-0.2, -0.15) is 5.11 Å². The average Bonchev–Trinajstić information content (AvgIpc) is 2.34. The molecule has 1 heterocycles. The molecule has 3 heteroatoms. The van der Waals surface area contributed by atoms with Gasteiger partial charge in [-0.1, -0.05) is 32.9 Å². The van der Waals surface area contributed by atoms with Crippen molar-refractivity contribution in [3.63, 3.8) is 0 Å². The maximum atomic E-state index is 4.02. The Balaban J connectivity index is 2.67. The van der Waals surface area contributed by atoms with Crippen LogP contribution in [0.1, 0.15) is 41.0 Å². The van der Waals surface area contributed by atoms with Crippen molar-refractivity contribution in [2.45, 2.75) is 46.6 Å². The van der Waals surface area contributed by atoms with Crippen molar-refractivity contribution in [3.05, 3.63) is 0 Å². The fourth-order valence-corrected chi connectivity index (χ4v) is 1.97. The highest BCUT2D eigenvalue weighted by atomic mass is 15.5. The highest BCUT2D eigenvalue weighted by Crippen LogP contribution is 2.38. The van der Waals surface area contributed by atoms with Gasteiger partial charge in [0.15, 0.2) is 0 Å². The van der Waals surface area contributed by atoms with Crippen LogP contribution in [0.15, 0.2) is 10.3 Å². The Kier molecular flexibility index (Phi) is 2.64. The van der Waals surface area contributed by atoms with Crippen LogP contribution in [-0.2, 0) is 0 Å². The van der Waals surface area contributed by atoms with Gasteiger partial charge in [0.1, 0.15) is 0 Å². The predicted octanol–water partition coefficient (Wildman–Crippen LogP) is 2.79. The molecule has 0 aromatic heterocycles. The van der Waals surface area contributed by atoms with Crippen molar-refractivity contribution in [3.8, 4) is 0 Å². The van der Waals surface area contributed by atoms with Crippen LogP contribution in [0.5, 0.6) is 0 Å². The molecule has 0 aliphatic carbocycles. The SMILES string of the molecule is CC(C)CC(C)(C)C1(C)CN=NN1. The van der Waals surface area contributed by atoms with E-state index in [0.29, 0.717) is 5.92 Å². The van der Waals surface area contributed by atoms with E-state index in [-0.39, 0.29) is 11.0 Å². The Labute approximate surface area is 81.0 Å². The smallest absolute Gasteiger partial charge is 0.0869 e. The average molecular weight is 183 g/mol. The molecule has 1 atom stereocenters. The molecular weight excluding hydrogens is 162 g/mol. The third kappa shape index (κ3) is 2.01. The first-order valence-corrected chi connectivity index (χ1v) is 5.01. The summed E-state index contributed by atoms with van der Waals surface area (Å²) in [6, 6.07) is 0. The minimum Gasteiger partial charge on any atom is -0.283 e. The minimum atomic E-state index is 0.0390. The molecule has 76 valence electrons. The van der Waals surface area contributed by atoms with E-state index in [9.17, 15) is 0 Å². The molecule has 1 unspecified atom stereocenters. The molecule has 0 amide bonds. The van der Waals surface area contributed by atoms with Crippen LogP contribution in [0.4, 0.5) is 0 Å². The predicted molar refractivity (Wildman–Crippen MR) is 54.5 cm³/mol. The molecule has 0 spiro atoms. The minimum absolute atomic E-state index is 0.0390. The second kappa shape index (κ2) is 3.28. The summed E-state index contributed by atoms with van der Waals surface area (Å²) < 4.78 is 0. The topological polar surface area (TPSA) is 36.8 Å². The lowest BCUT2D eigenvalue weighted by atomic mass is 9.69. The number of rotatable bonds is 3. The van der Waals surface area contributed by atoms with E-state index >= 15 is 0 Å². The summed E-state index contributed by atoms with van der Waals surface area (Å²) in [6.07, 6.45) is 1.20. The summed E-state index contributed by atoms with van der Waals surface area (Å²) in [5.74, 6) is 0.717. The summed E-state index contributed by atoms with van der Waals surface area (Å²) in [5, 5.41) is 7.91. The van der Waals surface area contributed by atoms with Crippen LogP contribution >= 0.6 is 0 Å². The van der Waals surface area contributed by atoms with Crippen molar-refractivity contribution in [2.75, 3.05) is 6.54 Å². The second-order valence-corrected chi connectivity index (χ2v) is 5.33. The van der Waals surface area contributed by atoms with Gasteiger partial charge >= 0.3 is 0 Å². The van der Waals surface area contributed by atoms with Gasteiger partial charge in [0, 0.05) is 0 Å². The largest absolute Gasteiger partial charge is 0.283 e. The zero-order chi connectivity index (χ0) is 10.1. The van der Waals surface area contributed by atoms with Gasteiger partial charge in [-0.15, -0.1) is 0 Å². The fourth-order valence-electron chi connectivity index (χ4n) is 1.97. The van der Waals surface area contributed by atoms with E-state index in [1.54, 1.807) is 0 Å². The van der Waals surface area contributed by atoms with E-state index in [4.69, 9.17) is 0 Å². The highest BCUT2D eigenvalue weighted by Gasteiger charge is 2.43. The van der Waals surface area contributed by atoms with Crippen molar-refractivity contribution >= 4 is 0 Å².